The lowest BCUT2D eigenvalue weighted by molar-refractivity contribution is 0.203. The number of rotatable bonds is 6. The molecule has 0 atom stereocenters. The average molecular weight is 430 g/mol. The number of anilines is 3. The lowest BCUT2D eigenvalue weighted by atomic mass is 9.93. The van der Waals surface area contributed by atoms with Crippen LogP contribution in [0.15, 0.2) is 36.8 Å². The van der Waals surface area contributed by atoms with Crippen molar-refractivity contribution in [3.63, 3.8) is 0 Å². The van der Waals surface area contributed by atoms with Crippen molar-refractivity contribution in [1.82, 2.24) is 29.8 Å². The van der Waals surface area contributed by atoms with Crippen LogP contribution in [-0.4, -0.2) is 57.0 Å². The van der Waals surface area contributed by atoms with E-state index in [1.54, 1.807) is 12.3 Å². The van der Waals surface area contributed by atoms with E-state index in [0.717, 1.165) is 67.0 Å². The minimum Gasteiger partial charge on any atom is -0.347 e. The summed E-state index contributed by atoms with van der Waals surface area (Å²) in [4.78, 5) is 26.5. The number of likely N-dealkylation sites (tertiary alicyclic amines) is 1. The summed E-state index contributed by atoms with van der Waals surface area (Å²) < 4.78 is 0. The van der Waals surface area contributed by atoms with Crippen molar-refractivity contribution >= 4 is 17.5 Å². The van der Waals surface area contributed by atoms with Crippen molar-refractivity contribution in [1.29, 1.82) is 5.26 Å². The van der Waals surface area contributed by atoms with E-state index >= 15 is 0 Å². The van der Waals surface area contributed by atoms with Crippen LogP contribution in [0.3, 0.4) is 0 Å². The van der Waals surface area contributed by atoms with Crippen LogP contribution < -0.4 is 10.2 Å². The maximum atomic E-state index is 8.90. The molecule has 0 aliphatic carbocycles. The fourth-order valence-electron chi connectivity index (χ4n) is 3.85. The molecule has 0 bridgehead atoms. The fraction of sp³-hybridized carbons (Fsp3) is 0.391. The Morgan fingerprint density at radius 1 is 1.09 bits per heavy atom. The van der Waals surface area contributed by atoms with Gasteiger partial charge in [-0.15, -0.1) is 0 Å². The normalized spacial score (nSPS) is 14.7. The number of hydrogen-bond donors (Lipinski definition) is 1. The highest BCUT2D eigenvalue weighted by molar-refractivity contribution is 5.55. The van der Waals surface area contributed by atoms with Gasteiger partial charge >= 0.3 is 0 Å². The Kier molecular flexibility index (Phi) is 6.52. The Hall–Kier alpha value is -3.64. The molecule has 3 aromatic heterocycles. The lowest BCUT2D eigenvalue weighted by Gasteiger charge is -2.31. The highest BCUT2D eigenvalue weighted by atomic mass is 15.2. The summed E-state index contributed by atoms with van der Waals surface area (Å²) in [6, 6.07) is 7.57. The van der Waals surface area contributed by atoms with Gasteiger partial charge in [-0.3, -0.25) is 4.90 Å². The zero-order valence-corrected chi connectivity index (χ0v) is 18.7. The second kappa shape index (κ2) is 9.66. The zero-order chi connectivity index (χ0) is 22.5. The van der Waals surface area contributed by atoms with Gasteiger partial charge in [-0.25, -0.2) is 24.9 Å². The molecule has 1 saturated heterocycles. The summed E-state index contributed by atoms with van der Waals surface area (Å²) in [6.45, 7) is 4.79. The molecular formula is C23H27N9. The molecule has 1 aliphatic heterocycles. The van der Waals surface area contributed by atoms with E-state index in [1.165, 1.54) is 0 Å². The molecule has 9 nitrogen and oxygen atoms in total. The predicted molar refractivity (Wildman–Crippen MR) is 123 cm³/mol. The van der Waals surface area contributed by atoms with Gasteiger partial charge in [-0.2, -0.15) is 5.26 Å². The van der Waals surface area contributed by atoms with Gasteiger partial charge in [0.15, 0.2) is 0 Å². The molecule has 4 rings (SSSR count). The number of piperidine rings is 1. The number of aryl methyl sites for hydroxylation is 1. The number of nitrogens with one attached hydrogen (secondary N) is 1. The first-order valence-electron chi connectivity index (χ1n) is 10.7. The number of pyridine rings is 1. The third-order valence-corrected chi connectivity index (χ3v) is 5.51. The topological polar surface area (TPSA) is 107 Å². The number of nitriles is 1. The number of aromatic nitrogens is 5. The predicted octanol–water partition coefficient (Wildman–Crippen LogP) is 3.03. The minimum atomic E-state index is 0.391. The van der Waals surface area contributed by atoms with E-state index < -0.39 is 0 Å². The molecule has 9 heteroatoms. The van der Waals surface area contributed by atoms with Gasteiger partial charge in [-0.05, 0) is 45.0 Å². The number of nitrogens with zero attached hydrogens (tertiary/aromatic N) is 8. The van der Waals surface area contributed by atoms with E-state index in [-0.39, 0.29) is 0 Å². The Labute approximate surface area is 188 Å². The third-order valence-electron chi connectivity index (χ3n) is 5.51. The fourth-order valence-corrected chi connectivity index (χ4v) is 3.85. The smallest absolute Gasteiger partial charge is 0.224 e. The number of hydrogen-bond acceptors (Lipinski definition) is 9. The summed E-state index contributed by atoms with van der Waals surface area (Å²) in [7, 11) is 3.88. The monoisotopic (exact) mass is 429 g/mol. The Morgan fingerprint density at radius 2 is 1.84 bits per heavy atom. The average Bonchev–Trinajstić information content (AvgIpc) is 2.80. The minimum absolute atomic E-state index is 0.391. The highest BCUT2D eigenvalue weighted by Gasteiger charge is 2.23. The molecule has 0 spiro atoms. The summed E-state index contributed by atoms with van der Waals surface area (Å²) in [5, 5.41) is 12.2. The van der Waals surface area contributed by atoms with Crippen LogP contribution in [0.1, 0.15) is 41.5 Å². The molecule has 1 aliphatic rings. The summed E-state index contributed by atoms with van der Waals surface area (Å²) in [6.07, 6.45) is 7.56. The second-order valence-corrected chi connectivity index (χ2v) is 8.23. The first-order chi connectivity index (χ1) is 15.5. The summed E-state index contributed by atoms with van der Waals surface area (Å²) in [5.74, 6) is 2.62. The molecule has 0 aromatic carbocycles. The highest BCUT2D eigenvalue weighted by Crippen LogP contribution is 2.29. The SMILES string of the molecule is Cc1nc(Nc2ccc(C#N)nc2)cc(C2CCN(Cc3cnc(N(C)C)nc3)CC2)n1. The van der Waals surface area contributed by atoms with Crippen LogP contribution in [0.2, 0.25) is 0 Å². The van der Waals surface area contributed by atoms with Crippen LogP contribution in [0.25, 0.3) is 0 Å². The van der Waals surface area contributed by atoms with Crippen LogP contribution in [0, 0.1) is 18.3 Å². The molecular weight excluding hydrogens is 402 g/mol. The van der Waals surface area contributed by atoms with Gasteiger partial charge in [0, 0.05) is 56.3 Å². The molecule has 1 fully saturated rings. The van der Waals surface area contributed by atoms with Gasteiger partial charge < -0.3 is 10.2 Å². The Bertz CT molecular complexity index is 1080. The first-order valence-corrected chi connectivity index (χ1v) is 10.7. The molecule has 164 valence electrons. The van der Waals surface area contributed by atoms with Gasteiger partial charge in [0.1, 0.15) is 23.4 Å². The van der Waals surface area contributed by atoms with E-state index in [1.807, 2.05) is 56.5 Å². The molecule has 1 N–H and O–H groups in total. The largest absolute Gasteiger partial charge is 0.347 e. The quantitative estimate of drug-likeness (QED) is 0.632. The van der Waals surface area contributed by atoms with Crippen molar-refractivity contribution in [3.05, 3.63) is 59.6 Å². The first kappa shape index (κ1) is 21.6. The van der Waals surface area contributed by atoms with E-state index in [9.17, 15) is 0 Å². The van der Waals surface area contributed by atoms with Crippen LogP contribution in [0.4, 0.5) is 17.5 Å². The van der Waals surface area contributed by atoms with Crippen molar-refractivity contribution in [3.8, 4) is 6.07 Å². The van der Waals surface area contributed by atoms with E-state index in [2.05, 4.69) is 30.2 Å². The second-order valence-electron chi connectivity index (χ2n) is 8.23. The molecule has 3 aromatic rings. The standard InChI is InChI=1S/C23H27N9/c1-16-28-21(10-22(29-16)30-20-5-4-19(11-24)25-14-20)18-6-8-32(9-7-18)15-17-12-26-23(27-13-17)31(2)3/h4-5,10,12-14,18H,6-9,15H2,1-3H3,(H,28,29,30). The van der Waals surface area contributed by atoms with Crippen molar-refractivity contribution in [2.24, 2.45) is 0 Å². The summed E-state index contributed by atoms with van der Waals surface area (Å²) in [5.41, 5.74) is 3.39. The van der Waals surface area contributed by atoms with E-state index in [0.29, 0.717) is 11.6 Å². The van der Waals surface area contributed by atoms with E-state index in [4.69, 9.17) is 10.2 Å². The van der Waals surface area contributed by atoms with Gasteiger partial charge in [0.05, 0.1) is 11.9 Å². The van der Waals surface area contributed by atoms with Crippen molar-refractivity contribution < 1.29 is 0 Å². The van der Waals surface area contributed by atoms with Gasteiger partial charge in [0.25, 0.3) is 0 Å². The van der Waals surface area contributed by atoms with Crippen molar-refractivity contribution in [2.45, 2.75) is 32.2 Å². The molecule has 0 saturated carbocycles. The Morgan fingerprint density at radius 3 is 2.47 bits per heavy atom. The Balaban J connectivity index is 1.37. The lowest BCUT2D eigenvalue weighted by Crippen LogP contribution is -2.33. The maximum Gasteiger partial charge on any atom is 0.224 e. The molecule has 4 heterocycles. The molecule has 0 radical (unpaired) electrons. The maximum absolute atomic E-state index is 8.90. The van der Waals surface area contributed by atoms with Crippen LogP contribution >= 0.6 is 0 Å². The van der Waals surface area contributed by atoms with Gasteiger partial charge in [0.2, 0.25) is 5.95 Å². The van der Waals surface area contributed by atoms with Crippen LogP contribution in [0.5, 0.6) is 0 Å². The summed E-state index contributed by atoms with van der Waals surface area (Å²) >= 11 is 0. The molecule has 0 amide bonds. The third kappa shape index (κ3) is 5.34. The van der Waals surface area contributed by atoms with Gasteiger partial charge in [-0.1, -0.05) is 0 Å². The molecule has 32 heavy (non-hydrogen) atoms. The van der Waals surface area contributed by atoms with Crippen LogP contribution in [-0.2, 0) is 6.54 Å². The van der Waals surface area contributed by atoms with Crippen molar-refractivity contribution in [2.75, 3.05) is 37.4 Å². The molecule has 0 unspecified atom stereocenters. The zero-order valence-electron chi connectivity index (χ0n) is 18.7.